The summed E-state index contributed by atoms with van der Waals surface area (Å²) in [5.41, 5.74) is 1.55. The molecule has 0 aliphatic heterocycles. The summed E-state index contributed by atoms with van der Waals surface area (Å²) in [6.07, 6.45) is 0. The number of aryl methyl sites for hydroxylation is 1. The monoisotopic (exact) mass is 262 g/mol. The van der Waals surface area contributed by atoms with Crippen LogP contribution in [0, 0.1) is 12.7 Å². The Morgan fingerprint density at radius 3 is 2.68 bits per heavy atom. The second-order valence-electron chi connectivity index (χ2n) is 4.64. The SMILES string of the molecule is CNCc1c(F)cccc1N(C)Cc1ccc(C)o1. The Morgan fingerprint density at radius 2 is 2.05 bits per heavy atom. The fourth-order valence-corrected chi connectivity index (χ4v) is 2.15. The van der Waals surface area contributed by atoms with Gasteiger partial charge in [-0.15, -0.1) is 0 Å². The Bertz CT molecular complexity index is 551. The molecular weight excluding hydrogens is 243 g/mol. The van der Waals surface area contributed by atoms with Gasteiger partial charge in [-0.1, -0.05) is 6.07 Å². The van der Waals surface area contributed by atoms with E-state index in [0.717, 1.165) is 17.2 Å². The summed E-state index contributed by atoms with van der Waals surface area (Å²) in [5, 5.41) is 3.00. The second-order valence-corrected chi connectivity index (χ2v) is 4.64. The van der Waals surface area contributed by atoms with Crippen molar-refractivity contribution in [3.63, 3.8) is 0 Å². The molecule has 19 heavy (non-hydrogen) atoms. The van der Waals surface area contributed by atoms with E-state index in [1.54, 1.807) is 6.07 Å². The molecule has 0 radical (unpaired) electrons. The number of hydrogen-bond acceptors (Lipinski definition) is 3. The zero-order chi connectivity index (χ0) is 13.8. The fourth-order valence-electron chi connectivity index (χ4n) is 2.15. The molecule has 0 spiro atoms. The molecule has 0 saturated carbocycles. The minimum atomic E-state index is -0.186. The van der Waals surface area contributed by atoms with Crippen LogP contribution in [0.2, 0.25) is 0 Å². The van der Waals surface area contributed by atoms with Crippen molar-refractivity contribution < 1.29 is 8.81 Å². The van der Waals surface area contributed by atoms with Gasteiger partial charge < -0.3 is 14.6 Å². The van der Waals surface area contributed by atoms with E-state index in [9.17, 15) is 4.39 Å². The molecule has 0 aliphatic rings. The second kappa shape index (κ2) is 5.89. The maximum absolute atomic E-state index is 13.9. The van der Waals surface area contributed by atoms with Crippen molar-refractivity contribution in [3.8, 4) is 0 Å². The molecule has 2 rings (SSSR count). The standard InChI is InChI=1S/C15H19FN2O/c1-11-7-8-12(19-11)10-18(3)15-6-4-5-14(16)13(15)9-17-2/h4-8,17H,9-10H2,1-3H3. The molecule has 0 aliphatic carbocycles. The average Bonchev–Trinajstić information content (AvgIpc) is 2.77. The quantitative estimate of drug-likeness (QED) is 0.897. The molecule has 0 amide bonds. The van der Waals surface area contributed by atoms with E-state index in [4.69, 9.17) is 4.42 Å². The smallest absolute Gasteiger partial charge is 0.129 e. The third kappa shape index (κ3) is 3.15. The summed E-state index contributed by atoms with van der Waals surface area (Å²) < 4.78 is 19.4. The Balaban J connectivity index is 2.23. The van der Waals surface area contributed by atoms with Crippen LogP contribution < -0.4 is 10.2 Å². The summed E-state index contributed by atoms with van der Waals surface area (Å²) >= 11 is 0. The van der Waals surface area contributed by atoms with Crippen LogP contribution in [0.5, 0.6) is 0 Å². The predicted molar refractivity (Wildman–Crippen MR) is 74.7 cm³/mol. The summed E-state index contributed by atoms with van der Waals surface area (Å²) in [7, 11) is 3.75. The zero-order valence-electron chi connectivity index (χ0n) is 11.5. The van der Waals surface area contributed by atoms with E-state index in [-0.39, 0.29) is 5.82 Å². The summed E-state index contributed by atoms with van der Waals surface area (Å²) in [6.45, 7) is 3.04. The van der Waals surface area contributed by atoms with Crippen molar-refractivity contribution in [2.24, 2.45) is 0 Å². The maximum Gasteiger partial charge on any atom is 0.129 e. The summed E-state index contributed by atoms with van der Waals surface area (Å²) in [4.78, 5) is 1.99. The van der Waals surface area contributed by atoms with Gasteiger partial charge >= 0.3 is 0 Å². The molecule has 4 heteroatoms. The summed E-state index contributed by atoms with van der Waals surface area (Å²) in [6, 6.07) is 9.02. The minimum absolute atomic E-state index is 0.186. The van der Waals surface area contributed by atoms with Gasteiger partial charge in [0.15, 0.2) is 0 Å². The number of furan rings is 1. The van der Waals surface area contributed by atoms with Gasteiger partial charge in [-0.2, -0.15) is 0 Å². The molecule has 0 unspecified atom stereocenters. The van der Waals surface area contributed by atoms with Crippen molar-refractivity contribution in [1.82, 2.24) is 5.32 Å². The van der Waals surface area contributed by atoms with E-state index in [2.05, 4.69) is 5.32 Å². The molecule has 0 atom stereocenters. The number of rotatable bonds is 5. The molecule has 0 bridgehead atoms. The van der Waals surface area contributed by atoms with Gasteiger partial charge in [-0.3, -0.25) is 0 Å². The van der Waals surface area contributed by atoms with Crippen LogP contribution in [0.1, 0.15) is 17.1 Å². The third-order valence-corrected chi connectivity index (χ3v) is 3.05. The van der Waals surface area contributed by atoms with E-state index in [1.165, 1.54) is 6.07 Å². The van der Waals surface area contributed by atoms with E-state index >= 15 is 0 Å². The van der Waals surface area contributed by atoms with Crippen LogP contribution >= 0.6 is 0 Å². The third-order valence-electron chi connectivity index (χ3n) is 3.05. The molecule has 3 nitrogen and oxygen atoms in total. The van der Waals surface area contributed by atoms with Gasteiger partial charge in [-0.05, 0) is 38.2 Å². The van der Waals surface area contributed by atoms with Gasteiger partial charge in [0.05, 0.1) is 6.54 Å². The lowest BCUT2D eigenvalue weighted by molar-refractivity contribution is 0.481. The first-order valence-corrected chi connectivity index (χ1v) is 6.30. The van der Waals surface area contributed by atoms with Gasteiger partial charge in [0.1, 0.15) is 17.3 Å². The van der Waals surface area contributed by atoms with Crippen molar-refractivity contribution in [2.45, 2.75) is 20.0 Å². The number of benzene rings is 1. The Labute approximate surface area is 113 Å². The van der Waals surface area contributed by atoms with E-state index < -0.39 is 0 Å². The number of halogens is 1. The number of anilines is 1. The average molecular weight is 262 g/mol. The largest absolute Gasteiger partial charge is 0.464 e. The molecule has 0 saturated heterocycles. The van der Waals surface area contributed by atoms with Crippen LogP contribution in [0.15, 0.2) is 34.7 Å². The highest BCUT2D eigenvalue weighted by molar-refractivity contribution is 5.53. The van der Waals surface area contributed by atoms with Gasteiger partial charge in [0.2, 0.25) is 0 Å². The first kappa shape index (κ1) is 13.6. The van der Waals surface area contributed by atoms with Crippen LogP contribution in [0.25, 0.3) is 0 Å². The lowest BCUT2D eigenvalue weighted by Crippen LogP contribution is -2.20. The number of nitrogens with zero attached hydrogens (tertiary/aromatic N) is 1. The molecular formula is C15H19FN2O. The number of hydrogen-bond donors (Lipinski definition) is 1. The van der Waals surface area contributed by atoms with Crippen molar-refractivity contribution in [1.29, 1.82) is 0 Å². The molecule has 1 aromatic heterocycles. The maximum atomic E-state index is 13.9. The normalized spacial score (nSPS) is 10.7. The first-order valence-electron chi connectivity index (χ1n) is 6.30. The summed E-state index contributed by atoms with van der Waals surface area (Å²) in [5.74, 6) is 1.58. The molecule has 0 fully saturated rings. The lowest BCUT2D eigenvalue weighted by Gasteiger charge is -2.21. The Hall–Kier alpha value is -1.81. The van der Waals surface area contributed by atoms with E-state index in [0.29, 0.717) is 18.7 Å². The van der Waals surface area contributed by atoms with Crippen LogP contribution in [-0.4, -0.2) is 14.1 Å². The highest BCUT2D eigenvalue weighted by Crippen LogP contribution is 2.24. The van der Waals surface area contributed by atoms with Crippen molar-refractivity contribution in [2.75, 3.05) is 19.0 Å². The molecule has 102 valence electrons. The van der Waals surface area contributed by atoms with Crippen LogP contribution in [0.4, 0.5) is 10.1 Å². The molecule has 2 aromatic rings. The number of nitrogens with one attached hydrogen (secondary N) is 1. The predicted octanol–water partition coefficient (Wildman–Crippen LogP) is 3.08. The Morgan fingerprint density at radius 1 is 1.26 bits per heavy atom. The van der Waals surface area contributed by atoms with Gasteiger partial charge in [0, 0.05) is 24.8 Å². The van der Waals surface area contributed by atoms with Gasteiger partial charge in [0.25, 0.3) is 0 Å². The highest BCUT2D eigenvalue weighted by atomic mass is 19.1. The lowest BCUT2D eigenvalue weighted by atomic mass is 10.1. The fraction of sp³-hybridized carbons (Fsp3) is 0.333. The topological polar surface area (TPSA) is 28.4 Å². The highest BCUT2D eigenvalue weighted by Gasteiger charge is 2.12. The molecule has 1 aromatic carbocycles. The van der Waals surface area contributed by atoms with Gasteiger partial charge in [-0.25, -0.2) is 4.39 Å². The van der Waals surface area contributed by atoms with Crippen molar-refractivity contribution >= 4 is 5.69 Å². The van der Waals surface area contributed by atoms with Crippen LogP contribution in [-0.2, 0) is 13.1 Å². The Kier molecular flexibility index (Phi) is 4.22. The molecule has 1 N–H and O–H groups in total. The van der Waals surface area contributed by atoms with Crippen molar-refractivity contribution in [3.05, 3.63) is 53.2 Å². The molecule has 1 heterocycles. The minimum Gasteiger partial charge on any atom is -0.464 e. The first-order chi connectivity index (χ1) is 9.11. The zero-order valence-corrected chi connectivity index (χ0v) is 11.5. The van der Waals surface area contributed by atoms with E-state index in [1.807, 2.05) is 44.1 Å². The van der Waals surface area contributed by atoms with Crippen LogP contribution in [0.3, 0.4) is 0 Å².